The fraction of sp³-hybridized carbons (Fsp3) is 0.400. The normalized spacial score (nSPS) is 11.7. The first kappa shape index (κ1) is 22.5. The van der Waals surface area contributed by atoms with Crippen molar-refractivity contribution in [1.29, 1.82) is 0 Å². The van der Waals surface area contributed by atoms with Crippen LogP contribution in [0.1, 0.15) is 55.4 Å². The van der Waals surface area contributed by atoms with Gasteiger partial charge in [-0.25, -0.2) is 0 Å². The van der Waals surface area contributed by atoms with E-state index in [-0.39, 0.29) is 0 Å². The number of unbranched alkanes of at least 4 members (excludes halogenated alkanes) is 1. The van der Waals surface area contributed by atoms with Gasteiger partial charge in [0, 0.05) is 0 Å². The van der Waals surface area contributed by atoms with Crippen molar-refractivity contribution in [2.45, 2.75) is 53.6 Å². The van der Waals surface area contributed by atoms with Crippen molar-refractivity contribution in [3.63, 3.8) is 0 Å². The van der Waals surface area contributed by atoms with Gasteiger partial charge in [-0.15, -0.1) is 0 Å². The van der Waals surface area contributed by atoms with E-state index in [1.165, 1.54) is 0 Å². The van der Waals surface area contributed by atoms with Crippen LogP contribution in [-0.2, 0) is 11.4 Å². The van der Waals surface area contributed by atoms with Gasteiger partial charge in [0.2, 0.25) is 0 Å². The zero-order chi connectivity index (χ0) is 21.1. The molecule has 4 nitrogen and oxygen atoms in total. The molecule has 0 saturated heterocycles. The number of benzene rings is 2. The molecule has 156 valence electrons. The molecule has 0 fully saturated rings. The van der Waals surface area contributed by atoms with E-state index in [9.17, 15) is 0 Å². The van der Waals surface area contributed by atoms with E-state index >= 15 is 0 Å². The number of rotatable bonds is 11. The summed E-state index contributed by atoms with van der Waals surface area (Å²) in [5, 5.41) is 4.18. The molecule has 2 aromatic rings. The topological polar surface area (TPSA) is 40.0 Å². The predicted molar refractivity (Wildman–Crippen MR) is 120 cm³/mol. The smallest absolute Gasteiger partial charge is 0.125 e. The Labute approximate surface area is 175 Å². The molecule has 0 atom stereocenters. The Bertz CT molecular complexity index is 799. The van der Waals surface area contributed by atoms with Gasteiger partial charge in [-0.05, 0) is 68.0 Å². The van der Waals surface area contributed by atoms with Crippen molar-refractivity contribution in [3.8, 4) is 11.5 Å². The second kappa shape index (κ2) is 11.9. The molecular weight excluding hydrogens is 362 g/mol. The van der Waals surface area contributed by atoms with Crippen LogP contribution in [-0.4, -0.2) is 19.4 Å². The van der Waals surface area contributed by atoms with Gasteiger partial charge in [0.25, 0.3) is 0 Å². The molecule has 4 heteroatoms. The van der Waals surface area contributed by atoms with Crippen LogP contribution < -0.4 is 9.47 Å². The first-order valence-corrected chi connectivity index (χ1v) is 10.3. The summed E-state index contributed by atoms with van der Waals surface area (Å²) in [6.45, 7) is 9.36. The zero-order valence-electron chi connectivity index (χ0n) is 18.3. The Morgan fingerprint density at radius 2 is 1.72 bits per heavy atom. The maximum absolute atomic E-state index is 6.12. The monoisotopic (exact) mass is 395 g/mol. The Morgan fingerprint density at radius 1 is 1.03 bits per heavy atom. The van der Waals surface area contributed by atoms with Crippen LogP contribution >= 0.6 is 0 Å². The highest BCUT2D eigenvalue weighted by atomic mass is 16.6. The lowest BCUT2D eigenvalue weighted by molar-refractivity contribution is 0.212. The minimum absolute atomic E-state index is 0.520. The molecule has 0 amide bonds. The maximum atomic E-state index is 6.12. The van der Waals surface area contributed by atoms with E-state index in [0.717, 1.165) is 58.7 Å². The van der Waals surface area contributed by atoms with Crippen LogP contribution in [0.15, 0.2) is 53.7 Å². The molecule has 0 aliphatic rings. The highest BCUT2D eigenvalue weighted by Crippen LogP contribution is 2.29. The number of oxime groups is 1. The molecule has 2 aromatic carbocycles. The summed E-state index contributed by atoms with van der Waals surface area (Å²) in [4.78, 5) is 5.01. The highest BCUT2D eigenvalue weighted by molar-refractivity contribution is 6.00. The van der Waals surface area contributed by atoms with Gasteiger partial charge in [0.05, 0.1) is 5.71 Å². The fourth-order valence-corrected chi connectivity index (χ4v) is 3.11. The standard InChI is InChI=1S/C25H33NO3/c1-6-8-10-24(26-27-5)22-13-11-21(12-14-22)18-29-25-19(3)16-23(17-20(25)4)28-15-9-7-2/h7,9,11-14,16-17H,6,8,10,15,18H2,1-5H3/b9-7+,26-24+. The van der Waals surface area contributed by atoms with Crippen LogP contribution in [0, 0.1) is 13.8 Å². The van der Waals surface area contributed by atoms with Crippen LogP contribution in [0.2, 0.25) is 0 Å². The SMILES string of the molecule is C/C=C/COc1cc(C)c(OCc2ccc(/C(CCCC)=N/OC)cc2)c(C)c1. The molecule has 0 aromatic heterocycles. The molecule has 0 spiro atoms. The molecule has 0 aliphatic heterocycles. The second-order valence-electron chi connectivity index (χ2n) is 7.08. The summed E-state index contributed by atoms with van der Waals surface area (Å²) in [7, 11) is 1.59. The average molecular weight is 396 g/mol. The number of hydrogen-bond donors (Lipinski definition) is 0. The van der Waals surface area contributed by atoms with Crippen molar-refractivity contribution in [1.82, 2.24) is 0 Å². The lowest BCUT2D eigenvalue weighted by Crippen LogP contribution is -2.04. The van der Waals surface area contributed by atoms with E-state index in [0.29, 0.717) is 13.2 Å². The number of allylic oxidation sites excluding steroid dienone is 1. The Kier molecular flexibility index (Phi) is 9.29. The summed E-state index contributed by atoms with van der Waals surface area (Å²) in [6, 6.07) is 12.4. The molecular formula is C25H33NO3. The minimum atomic E-state index is 0.520. The number of nitrogens with zero attached hydrogens (tertiary/aromatic N) is 1. The van der Waals surface area contributed by atoms with Gasteiger partial charge in [0.15, 0.2) is 0 Å². The van der Waals surface area contributed by atoms with E-state index in [1.54, 1.807) is 7.11 Å². The molecule has 0 unspecified atom stereocenters. The quantitative estimate of drug-likeness (QED) is 0.252. The van der Waals surface area contributed by atoms with Gasteiger partial charge in [-0.3, -0.25) is 0 Å². The molecule has 29 heavy (non-hydrogen) atoms. The second-order valence-corrected chi connectivity index (χ2v) is 7.08. The lowest BCUT2D eigenvalue weighted by Gasteiger charge is -2.15. The van der Waals surface area contributed by atoms with E-state index in [4.69, 9.17) is 14.3 Å². The van der Waals surface area contributed by atoms with Crippen molar-refractivity contribution in [2.24, 2.45) is 5.16 Å². The summed E-state index contributed by atoms with van der Waals surface area (Å²) >= 11 is 0. The van der Waals surface area contributed by atoms with Gasteiger partial charge < -0.3 is 14.3 Å². The average Bonchev–Trinajstić information content (AvgIpc) is 2.71. The van der Waals surface area contributed by atoms with Gasteiger partial charge in [-0.1, -0.05) is 54.9 Å². The molecule has 0 saturated carbocycles. The number of ether oxygens (including phenoxy) is 2. The van der Waals surface area contributed by atoms with Crippen molar-refractivity contribution < 1.29 is 14.3 Å². The first-order valence-electron chi connectivity index (χ1n) is 10.3. The third-order valence-corrected chi connectivity index (χ3v) is 4.65. The van der Waals surface area contributed by atoms with Crippen molar-refractivity contribution in [3.05, 3.63) is 70.8 Å². The van der Waals surface area contributed by atoms with E-state index in [2.05, 4.69) is 50.2 Å². The largest absolute Gasteiger partial charge is 0.490 e. The summed E-state index contributed by atoms with van der Waals surface area (Å²) < 4.78 is 11.9. The van der Waals surface area contributed by atoms with Crippen molar-refractivity contribution in [2.75, 3.05) is 13.7 Å². The lowest BCUT2D eigenvalue weighted by atomic mass is 10.0. The Hall–Kier alpha value is -2.75. The number of hydrogen-bond acceptors (Lipinski definition) is 4. The molecule has 2 rings (SSSR count). The Balaban J connectivity index is 2.03. The third kappa shape index (κ3) is 6.97. The Morgan fingerprint density at radius 3 is 2.31 bits per heavy atom. The minimum Gasteiger partial charge on any atom is -0.490 e. The van der Waals surface area contributed by atoms with Crippen LogP contribution in [0.5, 0.6) is 11.5 Å². The molecule has 0 heterocycles. The summed E-state index contributed by atoms with van der Waals surface area (Å²) in [6.07, 6.45) is 7.12. The van der Waals surface area contributed by atoms with Crippen molar-refractivity contribution >= 4 is 5.71 Å². The third-order valence-electron chi connectivity index (χ3n) is 4.65. The van der Waals surface area contributed by atoms with E-state index < -0.39 is 0 Å². The van der Waals surface area contributed by atoms with Crippen LogP contribution in [0.4, 0.5) is 0 Å². The zero-order valence-corrected chi connectivity index (χ0v) is 18.3. The van der Waals surface area contributed by atoms with Crippen LogP contribution in [0.25, 0.3) is 0 Å². The van der Waals surface area contributed by atoms with E-state index in [1.807, 2.05) is 31.2 Å². The predicted octanol–water partition coefficient (Wildman–Crippen LogP) is 6.38. The molecule has 0 bridgehead atoms. The highest BCUT2D eigenvalue weighted by Gasteiger charge is 2.09. The molecule has 0 N–H and O–H groups in total. The van der Waals surface area contributed by atoms with Gasteiger partial charge >= 0.3 is 0 Å². The van der Waals surface area contributed by atoms with Crippen LogP contribution in [0.3, 0.4) is 0 Å². The molecule has 0 aliphatic carbocycles. The number of aryl methyl sites for hydroxylation is 2. The van der Waals surface area contributed by atoms with Gasteiger partial charge in [0.1, 0.15) is 31.8 Å². The molecule has 0 radical (unpaired) electrons. The maximum Gasteiger partial charge on any atom is 0.125 e. The van der Waals surface area contributed by atoms with Gasteiger partial charge in [-0.2, -0.15) is 0 Å². The first-order chi connectivity index (χ1) is 14.1. The fourth-order valence-electron chi connectivity index (χ4n) is 3.11. The summed E-state index contributed by atoms with van der Waals surface area (Å²) in [5.41, 5.74) is 5.35. The summed E-state index contributed by atoms with van der Waals surface area (Å²) in [5.74, 6) is 1.78.